The first kappa shape index (κ1) is 15.0. The zero-order chi connectivity index (χ0) is 14.6. The summed E-state index contributed by atoms with van der Waals surface area (Å²) in [5.41, 5.74) is 4.54. The highest BCUT2D eigenvalue weighted by Crippen LogP contribution is 2.22. The van der Waals surface area contributed by atoms with Crippen molar-refractivity contribution in [3.8, 4) is 0 Å². The highest BCUT2D eigenvalue weighted by molar-refractivity contribution is 7.89. The Morgan fingerprint density at radius 2 is 2.05 bits per heavy atom. The van der Waals surface area contributed by atoms with Gasteiger partial charge in [-0.2, -0.15) is 0 Å². The van der Waals surface area contributed by atoms with E-state index >= 15 is 0 Å². The number of aliphatic carboxylic acids is 1. The van der Waals surface area contributed by atoms with Crippen molar-refractivity contribution in [2.24, 2.45) is 5.73 Å². The minimum absolute atomic E-state index is 0.544. The molecule has 0 aliphatic rings. The number of nitrogens with one attached hydrogen (secondary N) is 1. The van der Waals surface area contributed by atoms with Crippen molar-refractivity contribution in [2.75, 3.05) is 6.54 Å². The first-order valence-corrected chi connectivity index (χ1v) is 6.45. The van der Waals surface area contributed by atoms with Crippen LogP contribution in [0.5, 0.6) is 0 Å². The van der Waals surface area contributed by atoms with Crippen LogP contribution >= 0.6 is 0 Å². The fraction of sp³-hybridized carbons (Fsp3) is 0.222. The molecule has 0 unspecified atom stereocenters. The summed E-state index contributed by atoms with van der Waals surface area (Å²) in [5.74, 6) is -1.38. The molecule has 4 N–H and O–H groups in total. The summed E-state index contributed by atoms with van der Waals surface area (Å²) in [5, 5.41) is 19.2. The molecule has 9 nitrogen and oxygen atoms in total. The highest BCUT2D eigenvalue weighted by Gasteiger charge is 2.26. The number of nitrogens with zero attached hydrogens (tertiary/aromatic N) is 1. The van der Waals surface area contributed by atoms with E-state index < -0.39 is 44.1 Å². The van der Waals surface area contributed by atoms with Crippen molar-refractivity contribution in [3.63, 3.8) is 0 Å². The minimum Gasteiger partial charge on any atom is -0.480 e. The van der Waals surface area contributed by atoms with E-state index in [-0.39, 0.29) is 0 Å². The standard InChI is InChI=1S/C9H11N3O6S/c10-6(9(13)14)5-11-19(17,18)8-4-2-1-3-7(8)12(15)16/h1-4,6,11H,5,10H2,(H,13,14)/t6-/m0/s1. The van der Waals surface area contributed by atoms with Crippen LogP contribution in [0, 0.1) is 10.1 Å². The molecule has 0 aliphatic carbocycles. The van der Waals surface area contributed by atoms with Crippen LogP contribution in [0.1, 0.15) is 0 Å². The molecule has 10 heteroatoms. The maximum Gasteiger partial charge on any atom is 0.321 e. The van der Waals surface area contributed by atoms with Gasteiger partial charge in [-0.25, -0.2) is 13.1 Å². The lowest BCUT2D eigenvalue weighted by Crippen LogP contribution is -2.42. The Morgan fingerprint density at radius 1 is 1.47 bits per heavy atom. The van der Waals surface area contributed by atoms with Crippen molar-refractivity contribution >= 4 is 21.7 Å². The number of carboxylic acids is 1. The average molecular weight is 289 g/mol. The van der Waals surface area contributed by atoms with Gasteiger partial charge in [-0.05, 0) is 6.07 Å². The second kappa shape index (κ2) is 5.73. The van der Waals surface area contributed by atoms with Crippen LogP contribution in [0.3, 0.4) is 0 Å². The Kier molecular flexibility index (Phi) is 4.53. The number of para-hydroxylation sites is 1. The Bertz CT molecular complexity index is 600. The number of rotatable bonds is 6. The maximum absolute atomic E-state index is 11.8. The van der Waals surface area contributed by atoms with Gasteiger partial charge in [0, 0.05) is 12.6 Å². The third-order valence-corrected chi connectivity index (χ3v) is 3.63. The molecule has 0 saturated carbocycles. The minimum atomic E-state index is -4.20. The Hall–Kier alpha value is -2.04. The van der Waals surface area contributed by atoms with E-state index in [1.807, 2.05) is 4.72 Å². The smallest absolute Gasteiger partial charge is 0.321 e. The molecule has 0 radical (unpaired) electrons. The number of hydrogen-bond donors (Lipinski definition) is 3. The van der Waals surface area contributed by atoms with Crippen molar-refractivity contribution in [2.45, 2.75) is 10.9 Å². The third-order valence-electron chi connectivity index (χ3n) is 2.16. The van der Waals surface area contributed by atoms with E-state index in [2.05, 4.69) is 0 Å². The SMILES string of the molecule is N[C@@H](CNS(=O)(=O)c1ccccc1[N+](=O)[O-])C(=O)O. The van der Waals surface area contributed by atoms with Gasteiger partial charge in [-0.1, -0.05) is 12.1 Å². The van der Waals surface area contributed by atoms with Crippen molar-refractivity contribution < 1.29 is 23.2 Å². The summed E-state index contributed by atoms with van der Waals surface area (Å²) in [6, 6.07) is 3.29. The van der Waals surface area contributed by atoms with Gasteiger partial charge in [0.05, 0.1) is 4.92 Å². The van der Waals surface area contributed by atoms with E-state index in [0.29, 0.717) is 0 Å². The van der Waals surface area contributed by atoms with Gasteiger partial charge in [0.1, 0.15) is 6.04 Å². The molecule has 0 fully saturated rings. The van der Waals surface area contributed by atoms with Gasteiger partial charge in [0.2, 0.25) is 10.0 Å². The molecule has 1 rings (SSSR count). The van der Waals surface area contributed by atoms with E-state index in [9.17, 15) is 23.3 Å². The van der Waals surface area contributed by atoms with Gasteiger partial charge >= 0.3 is 5.97 Å². The Labute approximate surface area is 108 Å². The van der Waals surface area contributed by atoms with Crippen LogP contribution in [-0.2, 0) is 14.8 Å². The molecular weight excluding hydrogens is 278 g/mol. The van der Waals surface area contributed by atoms with E-state index in [1.54, 1.807) is 0 Å². The van der Waals surface area contributed by atoms with Crippen LogP contribution in [0.15, 0.2) is 29.2 Å². The molecule has 1 atom stereocenters. The number of sulfonamides is 1. The number of hydrogen-bond acceptors (Lipinski definition) is 6. The van der Waals surface area contributed by atoms with Crippen LogP contribution in [-0.4, -0.2) is 37.0 Å². The summed E-state index contributed by atoms with van der Waals surface area (Å²) < 4.78 is 25.6. The summed E-state index contributed by atoms with van der Waals surface area (Å²) in [4.78, 5) is 19.8. The lowest BCUT2D eigenvalue weighted by Gasteiger charge is -2.09. The molecule has 0 aliphatic heterocycles. The van der Waals surface area contributed by atoms with Crippen LogP contribution in [0.25, 0.3) is 0 Å². The quantitative estimate of drug-likeness (QED) is 0.461. The molecular formula is C9H11N3O6S. The van der Waals surface area contributed by atoms with Crippen LogP contribution in [0.2, 0.25) is 0 Å². The molecule has 0 spiro atoms. The Balaban J connectivity index is 3.01. The number of carboxylic acid groups (broad SMARTS) is 1. The second-order valence-corrected chi connectivity index (χ2v) is 5.26. The predicted molar refractivity (Wildman–Crippen MR) is 63.9 cm³/mol. The van der Waals surface area contributed by atoms with Crippen LogP contribution in [0.4, 0.5) is 5.69 Å². The van der Waals surface area contributed by atoms with Gasteiger partial charge in [-0.3, -0.25) is 14.9 Å². The van der Waals surface area contributed by atoms with E-state index in [0.717, 1.165) is 12.1 Å². The molecule has 1 aromatic rings. The number of nitro benzene ring substituents is 1. The third kappa shape index (κ3) is 3.71. The average Bonchev–Trinajstić information content (AvgIpc) is 2.35. The van der Waals surface area contributed by atoms with Gasteiger partial charge in [0.25, 0.3) is 5.69 Å². The monoisotopic (exact) mass is 289 g/mol. The first-order valence-electron chi connectivity index (χ1n) is 4.97. The molecule has 0 amide bonds. The molecule has 0 heterocycles. The summed E-state index contributed by atoms with van der Waals surface area (Å²) >= 11 is 0. The lowest BCUT2D eigenvalue weighted by atomic mass is 10.3. The van der Waals surface area contributed by atoms with Gasteiger partial charge in [0.15, 0.2) is 4.90 Å². The first-order chi connectivity index (χ1) is 8.75. The Morgan fingerprint density at radius 3 is 2.58 bits per heavy atom. The normalized spacial score (nSPS) is 12.9. The largest absolute Gasteiger partial charge is 0.480 e. The van der Waals surface area contributed by atoms with E-state index in [1.165, 1.54) is 12.1 Å². The number of carbonyl (C=O) groups is 1. The zero-order valence-electron chi connectivity index (χ0n) is 9.52. The summed E-state index contributed by atoms with van der Waals surface area (Å²) in [7, 11) is -4.20. The zero-order valence-corrected chi connectivity index (χ0v) is 10.3. The van der Waals surface area contributed by atoms with Gasteiger partial charge in [-0.15, -0.1) is 0 Å². The molecule has 0 aromatic heterocycles. The van der Waals surface area contributed by atoms with Crippen molar-refractivity contribution in [1.82, 2.24) is 4.72 Å². The summed E-state index contributed by atoms with van der Waals surface area (Å²) in [6.07, 6.45) is 0. The molecule has 19 heavy (non-hydrogen) atoms. The molecule has 0 bridgehead atoms. The maximum atomic E-state index is 11.8. The topological polar surface area (TPSA) is 153 Å². The fourth-order valence-corrected chi connectivity index (χ4v) is 2.43. The summed E-state index contributed by atoms with van der Waals surface area (Å²) in [6.45, 7) is -0.566. The predicted octanol–water partition coefficient (Wildman–Crippen LogP) is -0.715. The molecule has 104 valence electrons. The van der Waals surface area contributed by atoms with Crippen molar-refractivity contribution in [3.05, 3.63) is 34.4 Å². The second-order valence-electron chi connectivity index (χ2n) is 3.52. The van der Waals surface area contributed by atoms with Gasteiger partial charge < -0.3 is 10.8 Å². The van der Waals surface area contributed by atoms with Crippen LogP contribution < -0.4 is 10.5 Å². The number of nitrogens with two attached hydrogens (primary N) is 1. The van der Waals surface area contributed by atoms with E-state index in [4.69, 9.17) is 10.8 Å². The highest BCUT2D eigenvalue weighted by atomic mass is 32.2. The molecule has 1 aromatic carbocycles. The number of benzene rings is 1. The lowest BCUT2D eigenvalue weighted by molar-refractivity contribution is -0.387. The molecule has 0 saturated heterocycles. The fourth-order valence-electron chi connectivity index (χ4n) is 1.20. The number of nitro groups is 1. The van der Waals surface area contributed by atoms with Crippen molar-refractivity contribution in [1.29, 1.82) is 0 Å².